The summed E-state index contributed by atoms with van der Waals surface area (Å²) in [6, 6.07) is 5.65. The van der Waals surface area contributed by atoms with E-state index >= 15 is 0 Å². The van der Waals surface area contributed by atoms with Gasteiger partial charge in [-0.1, -0.05) is 0 Å². The molecule has 0 amide bonds. The van der Waals surface area contributed by atoms with E-state index in [1.165, 1.54) is 24.3 Å². The Kier molecular flexibility index (Phi) is 5.76. The molecule has 2 nitrogen and oxygen atoms in total. The second-order valence-electron chi connectivity index (χ2n) is 5.67. The highest BCUT2D eigenvalue weighted by atomic mass is 127. The minimum atomic E-state index is -0.995. The van der Waals surface area contributed by atoms with E-state index in [0.717, 1.165) is 0 Å². The number of aryl methyl sites for hydroxylation is 2. The van der Waals surface area contributed by atoms with E-state index in [9.17, 15) is 8.78 Å². The van der Waals surface area contributed by atoms with Gasteiger partial charge in [-0.2, -0.15) is 0 Å². The number of rotatable bonds is 4. The molecule has 0 aliphatic heterocycles. The highest BCUT2D eigenvalue weighted by Crippen LogP contribution is 2.34. The molecule has 2 aromatic rings. The third-order valence-electron chi connectivity index (χ3n) is 3.08. The van der Waals surface area contributed by atoms with Gasteiger partial charge >= 0.3 is 0 Å². The molecule has 0 heterocycles. The van der Waals surface area contributed by atoms with Crippen LogP contribution in [-0.4, -0.2) is 5.79 Å². The molecule has 23 heavy (non-hydrogen) atoms. The van der Waals surface area contributed by atoms with Crippen LogP contribution in [0.5, 0.6) is 11.5 Å². The fourth-order valence-corrected chi connectivity index (χ4v) is 3.81. The van der Waals surface area contributed by atoms with Gasteiger partial charge in [0.2, 0.25) is 5.79 Å². The summed E-state index contributed by atoms with van der Waals surface area (Å²) in [7, 11) is 0. The second-order valence-corrected chi connectivity index (χ2v) is 8.00. The molecule has 0 aliphatic rings. The van der Waals surface area contributed by atoms with Gasteiger partial charge in [-0.05, 0) is 94.4 Å². The molecule has 0 aliphatic carbocycles. The van der Waals surface area contributed by atoms with Crippen LogP contribution >= 0.6 is 45.2 Å². The molecule has 0 fully saturated rings. The zero-order valence-electron chi connectivity index (χ0n) is 13.1. The summed E-state index contributed by atoms with van der Waals surface area (Å²) in [5.74, 6) is -0.451. The molecule has 0 N–H and O–H groups in total. The van der Waals surface area contributed by atoms with Crippen LogP contribution in [0.1, 0.15) is 25.0 Å². The minimum Gasteiger partial charge on any atom is -0.452 e. The van der Waals surface area contributed by atoms with Gasteiger partial charge in [-0.15, -0.1) is 0 Å². The van der Waals surface area contributed by atoms with Crippen molar-refractivity contribution >= 4 is 45.2 Å². The summed E-state index contributed by atoms with van der Waals surface area (Å²) in [4.78, 5) is 0. The van der Waals surface area contributed by atoms with Crippen LogP contribution in [0.3, 0.4) is 0 Å². The van der Waals surface area contributed by atoms with Gasteiger partial charge < -0.3 is 9.47 Å². The molecule has 124 valence electrons. The topological polar surface area (TPSA) is 18.5 Å². The fourth-order valence-electron chi connectivity index (χ4n) is 2.15. The van der Waals surface area contributed by atoms with Crippen molar-refractivity contribution in [3.63, 3.8) is 0 Å². The van der Waals surface area contributed by atoms with Gasteiger partial charge in [0.25, 0.3) is 0 Å². The molecule has 0 saturated carbocycles. The third-order valence-corrected chi connectivity index (χ3v) is 4.69. The SMILES string of the molecule is Cc1cc(F)cc(I)c1OC(C)(C)Oc1c(C)cc(F)cc1I. The van der Waals surface area contributed by atoms with Gasteiger partial charge in [0, 0.05) is 13.8 Å². The second kappa shape index (κ2) is 7.08. The highest BCUT2D eigenvalue weighted by molar-refractivity contribution is 14.1. The summed E-state index contributed by atoms with van der Waals surface area (Å²) in [5.41, 5.74) is 1.38. The molecule has 0 atom stereocenters. The largest absolute Gasteiger partial charge is 0.452 e. The maximum atomic E-state index is 13.4. The lowest BCUT2D eigenvalue weighted by Gasteiger charge is -2.30. The zero-order chi connectivity index (χ0) is 17.4. The quantitative estimate of drug-likeness (QED) is 0.349. The lowest BCUT2D eigenvalue weighted by molar-refractivity contribution is -0.0829. The van der Waals surface area contributed by atoms with E-state index in [0.29, 0.717) is 29.8 Å². The molecule has 0 spiro atoms. The van der Waals surface area contributed by atoms with Crippen LogP contribution < -0.4 is 9.47 Å². The predicted molar refractivity (Wildman–Crippen MR) is 103 cm³/mol. The summed E-state index contributed by atoms with van der Waals surface area (Å²) < 4.78 is 40.1. The number of ether oxygens (including phenoxy) is 2. The van der Waals surface area contributed by atoms with Gasteiger partial charge in [0.1, 0.15) is 23.1 Å². The molecule has 0 radical (unpaired) electrons. The lowest BCUT2D eigenvalue weighted by Crippen LogP contribution is -2.36. The first-order valence-corrected chi connectivity index (χ1v) is 9.04. The summed E-state index contributed by atoms with van der Waals surface area (Å²) >= 11 is 4.06. The molecule has 0 saturated heterocycles. The summed E-state index contributed by atoms with van der Waals surface area (Å²) in [6.45, 7) is 7.10. The molecule has 2 rings (SSSR count). The number of halogens is 4. The number of hydrogen-bond donors (Lipinski definition) is 0. The molecular formula is C17H16F2I2O2. The van der Waals surface area contributed by atoms with Crippen molar-refractivity contribution in [2.24, 2.45) is 0 Å². The summed E-state index contributed by atoms with van der Waals surface area (Å²) in [5, 5.41) is 0. The molecule has 2 aromatic carbocycles. The van der Waals surface area contributed by atoms with E-state index in [2.05, 4.69) is 0 Å². The van der Waals surface area contributed by atoms with Crippen molar-refractivity contribution in [2.45, 2.75) is 33.5 Å². The van der Waals surface area contributed by atoms with Crippen molar-refractivity contribution < 1.29 is 18.3 Å². The lowest BCUT2D eigenvalue weighted by atomic mass is 10.2. The Morgan fingerprint density at radius 1 is 0.783 bits per heavy atom. The van der Waals surface area contributed by atoms with Crippen LogP contribution in [0.25, 0.3) is 0 Å². The standard InChI is InChI=1S/C17H16F2I2O2/c1-9-5-11(18)7-13(20)15(9)22-17(3,4)23-16-10(2)6-12(19)8-14(16)21/h5-8H,1-4H3. The Labute approximate surface area is 161 Å². The maximum absolute atomic E-state index is 13.4. The van der Waals surface area contributed by atoms with Crippen LogP contribution in [-0.2, 0) is 0 Å². The average molecular weight is 544 g/mol. The van der Waals surface area contributed by atoms with E-state index in [4.69, 9.17) is 9.47 Å². The molecule has 0 unspecified atom stereocenters. The Balaban J connectivity index is 2.30. The smallest absolute Gasteiger partial charge is 0.245 e. The van der Waals surface area contributed by atoms with Crippen molar-refractivity contribution in [2.75, 3.05) is 0 Å². The van der Waals surface area contributed by atoms with Crippen LogP contribution in [0.4, 0.5) is 8.78 Å². The predicted octanol–water partition coefficient (Wildman–Crippen LogP) is 5.98. The highest BCUT2D eigenvalue weighted by Gasteiger charge is 2.26. The first-order valence-electron chi connectivity index (χ1n) is 6.88. The van der Waals surface area contributed by atoms with E-state index < -0.39 is 5.79 Å². The number of hydrogen-bond acceptors (Lipinski definition) is 2. The average Bonchev–Trinajstić information content (AvgIpc) is 2.38. The van der Waals surface area contributed by atoms with Crippen molar-refractivity contribution in [1.82, 2.24) is 0 Å². The van der Waals surface area contributed by atoms with Crippen LogP contribution in [0.15, 0.2) is 24.3 Å². The van der Waals surface area contributed by atoms with Crippen molar-refractivity contribution in [1.29, 1.82) is 0 Å². The van der Waals surface area contributed by atoms with Gasteiger partial charge in [-0.25, -0.2) is 8.78 Å². The Bertz CT molecular complexity index is 638. The minimum absolute atomic E-state index is 0.304. The van der Waals surface area contributed by atoms with Crippen LogP contribution in [0, 0.1) is 32.6 Å². The van der Waals surface area contributed by atoms with Crippen LogP contribution in [0.2, 0.25) is 0 Å². The van der Waals surface area contributed by atoms with E-state index in [1.54, 1.807) is 27.7 Å². The molecule has 0 aromatic heterocycles. The first kappa shape index (κ1) is 18.7. The monoisotopic (exact) mass is 544 g/mol. The van der Waals surface area contributed by atoms with Crippen molar-refractivity contribution in [3.05, 3.63) is 54.2 Å². The van der Waals surface area contributed by atoms with Gasteiger partial charge in [-0.3, -0.25) is 0 Å². The number of benzene rings is 2. The van der Waals surface area contributed by atoms with Crippen molar-refractivity contribution in [3.8, 4) is 11.5 Å². The normalized spacial score (nSPS) is 11.5. The zero-order valence-corrected chi connectivity index (χ0v) is 17.5. The Hall–Kier alpha value is -0.640. The molecule has 0 bridgehead atoms. The fraction of sp³-hybridized carbons (Fsp3) is 0.294. The Morgan fingerprint density at radius 3 is 1.43 bits per heavy atom. The third kappa shape index (κ3) is 4.68. The van der Waals surface area contributed by atoms with Gasteiger partial charge in [0.15, 0.2) is 0 Å². The maximum Gasteiger partial charge on any atom is 0.245 e. The Morgan fingerprint density at radius 2 is 1.13 bits per heavy atom. The molecule has 6 heteroatoms. The van der Waals surface area contributed by atoms with E-state index in [1.807, 2.05) is 45.2 Å². The summed E-state index contributed by atoms with van der Waals surface area (Å²) in [6.07, 6.45) is 0. The molecular weight excluding hydrogens is 528 g/mol. The van der Waals surface area contributed by atoms with Gasteiger partial charge in [0.05, 0.1) is 7.14 Å². The first-order chi connectivity index (χ1) is 10.6. The van der Waals surface area contributed by atoms with E-state index in [-0.39, 0.29) is 11.6 Å².